The van der Waals surface area contributed by atoms with Crippen molar-refractivity contribution in [3.63, 3.8) is 0 Å². The zero-order valence-corrected chi connectivity index (χ0v) is 21.3. The van der Waals surface area contributed by atoms with Gasteiger partial charge >= 0.3 is 0 Å². The van der Waals surface area contributed by atoms with Gasteiger partial charge in [-0.3, -0.25) is 9.52 Å². The molecule has 0 spiro atoms. The maximum absolute atomic E-state index is 13.1. The second-order valence-electron chi connectivity index (χ2n) is 8.44. The van der Waals surface area contributed by atoms with E-state index < -0.39 is 31.8 Å². The third-order valence-electron chi connectivity index (χ3n) is 5.53. The third-order valence-corrected chi connectivity index (χ3v) is 8.17. The molecule has 3 rings (SSSR count). The van der Waals surface area contributed by atoms with Gasteiger partial charge in [-0.15, -0.1) is 0 Å². The number of hydrogen-bond donors (Lipinski definition) is 2. The van der Waals surface area contributed by atoms with E-state index in [2.05, 4.69) is 10.0 Å². The van der Waals surface area contributed by atoms with Crippen LogP contribution in [0, 0.1) is 20.8 Å². The summed E-state index contributed by atoms with van der Waals surface area (Å²) < 4.78 is 52.2. The normalized spacial score (nSPS) is 12.7. The first-order valence-electron chi connectivity index (χ1n) is 10.6. The molecular weight excluding hydrogens is 472 g/mol. The molecule has 0 saturated carbocycles. The van der Waals surface area contributed by atoms with Crippen molar-refractivity contribution >= 4 is 31.5 Å². The maximum atomic E-state index is 13.1. The van der Waals surface area contributed by atoms with Crippen LogP contribution in [0.5, 0.6) is 0 Å². The van der Waals surface area contributed by atoms with Gasteiger partial charge < -0.3 is 5.32 Å². The van der Waals surface area contributed by atoms with E-state index in [-0.39, 0.29) is 15.4 Å². The second kappa shape index (κ2) is 9.60. The number of hydrogen-bond acceptors (Lipinski definition) is 5. The van der Waals surface area contributed by atoms with Crippen LogP contribution in [0.3, 0.4) is 0 Å². The molecule has 34 heavy (non-hydrogen) atoms. The Morgan fingerprint density at radius 3 is 2.06 bits per heavy atom. The lowest BCUT2D eigenvalue weighted by atomic mass is 10.1. The summed E-state index contributed by atoms with van der Waals surface area (Å²) in [4.78, 5) is 13.1. The van der Waals surface area contributed by atoms with Gasteiger partial charge in [-0.1, -0.05) is 30.3 Å². The molecule has 9 heteroatoms. The van der Waals surface area contributed by atoms with Crippen LogP contribution in [0.15, 0.2) is 70.5 Å². The molecule has 3 aromatic carbocycles. The molecule has 0 aliphatic rings. The lowest BCUT2D eigenvalue weighted by molar-refractivity contribution is 0.0939. The predicted molar refractivity (Wildman–Crippen MR) is 133 cm³/mol. The highest BCUT2D eigenvalue weighted by atomic mass is 32.2. The first-order chi connectivity index (χ1) is 15.8. The SMILES string of the molecule is Cc1ccc(C)c(NS(=O)(=O)c2cc(C(=O)NC(C)c3ccc(S(C)(=O)=O)cc3)ccc2C)c1. The average molecular weight is 501 g/mol. The molecule has 1 unspecified atom stereocenters. The van der Waals surface area contributed by atoms with Gasteiger partial charge in [0.05, 0.1) is 21.5 Å². The molecule has 0 fully saturated rings. The fourth-order valence-corrected chi connectivity index (χ4v) is 5.47. The summed E-state index contributed by atoms with van der Waals surface area (Å²) in [6, 6.07) is 15.9. The van der Waals surface area contributed by atoms with Crippen LogP contribution in [-0.2, 0) is 19.9 Å². The minimum atomic E-state index is -3.93. The number of benzene rings is 3. The minimum absolute atomic E-state index is 0.0196. The lowest BCUT2D eigenvalue weighted by Gasteiger charge is -2.16. The van der Waals surface area contributed by atoms with Gasteiger partial charge in [0.25, 0.3) is 15.9 Å². The van der Waals surface area contributed by atoms with Gasteiger partial charge in [0.1, 0.15) is 0 Å². The second-order valence-corrected chi connectivity index (χ2v) is 12.1. The van der Waals surface area contributed by atoms with Gasteiger partial charge in [0.15, 0.2) is 9.84 Å². The number of sulfone groups is 1. The number of sulfonamides is 1. The number of aryl methyl sites for hydroxylation is 3. The molecule has 0 saturated heterocycles. The van der Waals surface area contributed by atoms with Gasteiger partial charge in [0.2, 0.25) is 0 Å². The Kier molecular flexibility index (Phi) is 7.18. The first kappa shape index (κ1) is 25.5. The van der Waals surface area contributed by atoms with Gasteiger partial charge in [-0.05, 0) is 80.3 Å². The van der Waals surface area contributed by atoms with Crippen LogP contribution in [0.2, 0.25) is 0 Å². The smallest absolute Gasteiger partial charge is 0.262 e. The molecule has 0 heterocycles. The maximum Gasteiger partial charge on any atom is 0.262 e. The highest BCUT2D eigenvalue weighted by Gasteiger charge is 2.21. The van der Waals surface area contributed by atoms with Crippen LogP contribution in [0.4, 0.5) is 5.69 Å². The number of carbonyl (C=O) groups is 1. The van der Waals surface area contributed by atoms with E-state index in [1.165, 1.54) is 18.2 Å². The third kappa shape index (κ3) is 5.84. The quantitative estimate of drug-likeness (QED) is 0.503. The van der Waals surface area contributed by atoms with E-state index >= 15 is 0 Å². The Bertz CT molecular complexity index is 1450. The summed E-state index contributed by atoms with van der Waals surface area (Å²) >= 11 is 0. The van der Waals surface area contributed by atoms with Crippen molar-refractivity contribution in [1.29, 1.82) is 0 Å². The lowest BCUT2D eigenvalue weighted by Crippen LogP contribution is -2.27. The molecule has 0 radical (unpaired) electrons. The zero-order chi connectivity index (χ0) is 25.3. The van der Waals surface area contributed by atoms with E-state index in [4.69, 9.17) is 0 Å². The average Bonchev–Trinajstić information content (AvgIpc) is 2.75. The minimum Gasteiger partial charge on any atom is -0.346 e. The van der Waals surface area contributed by atoms with Crippen molar-refractivity contribution < 1.29 is 21.6 Å². The summed E-state index contributed by atoms with van der Waals surface area (Å²) in [5.74, 6) is -0.442. The van der Waals surface area contributed by atoms with Crippen LogP contribution in [0.1, 0.15) is 45.6 Å². The van der Waals surface area contributed by atoms with Crippen molar-refractivity contribution in [1.82, 2.24) is 5.32 Å². The van der Waals surface area contributed by atoms with E-state index in [0.29, 0.717) is 11.3 Å². The van der Waals surface area contributed by atoms with Crippen molar-refractivity contribution in [2.45, 2.75) is 43.5 Å². The van der Waals surface area contributed by atoms with E-state index in [1.807, 2.05) is 26.0 Å². The van der Waals surface area contributed by atoms with Crippen LogP contribution < -0.4 is 10.0 Å². The molecule has 3 aromatic rings. The Labute approximate surface area is 201 Å². The largest absolute Gasteiger partial charge is 0.346 e. The highest BCUT2D eigenvalue weighted by molar-refractivity contribution is 7.92. The number of carbonyl (C=O) groups excluding carboxylic acids is 1. The standard InChI is InChI=1S/C25H28N2O5S2/c1-16-6-7-17(2)23(14-16)27-34(31,32)24-15-21(9-8-18(24)3)25(28)26-19(4)20-10-12-22(13-11-20)33(5,29)30/h6-15,19,27H,1-5H3,(H,26,28). The summed E-state index contributed by atoms with van der Waals surface area (Å²) in [5, 5.41) is 2.83. The van der Waals surface area contributed by atoms with Gasteiger partial charge in [-0.2, -0.15) is 0 Å². The van der Waals surface area contributed by atoms with E-state index in [9.17, 15) is 21.6 Å². The summed E-state index contributed by atoms with van der Waals surface area (Å²) in [6.45, 7) is 7.13. The Balaban J connectivity index is 1.83. The first-order valence-corrected chi connectivity index (χ1v) is 14.0. The Morgan fingerprint density at radius 1 is 0.824 bits per heavy atom. The fourth-order valence-electron chi connectivity index (χ4n) is 3.44. The van der Waals surface area contributed by atoms with Crippen molar-refractivity contribution in [2.24, 2.45) is 0 Å². The molecule has 0 aliphatic heterocycles. The van der Waals surface area contributed by atoms with Crippen LogP contribution in [0.25, 0.3) is 0 Å². The number of nitrogens with one attached hydrogen (secondary N) is 2. The summed E-state index contributed by atoms with van der Waals surface area (Å²) in [6.07, 6.45) is 1.13. The molecule has 0 aromatic heterocycles. The molecule has 0 aliphatic carbocycles. The molecule has 0 bridgehead atoms. The molecule has 7 nitrogen and oxygen atoms in total. The predicted octanol–water partition coefficient (Wildman–Crippen LogP) is 4.31. The molecule has 1 amide bonds. The Morgan fingerprint density at radius 2 is 1.44 bits per heavy atom. The van der Waals surface area contributed by atoms with E-state index in [1.54, 1.807) is 44.2 Å². The van der Waals surface area contributed by atoms with Crippen molar-refractivity contribution in [2.75, 3.05) is 11.0 Å². The number of anilines is 1. The van der Waals surface area contributed by atoms with Crippen LogP contribution in [-0.4, -0.2) is 29.0 Å². The van der Waals surface area contributed by atoms with Gasteiger partial charge in [0, 0.05) is 11.8 Å². The van der Waals surface area contributed by atoms with Crippen molar-refractivity contribution in [3.05, 3.63) is 88.5 Å². The molecule has 2 N–H and O–H groups in total. The van der Waals surface area contributed by atoms with Crippen molar-refractivity contribution in [3.8, 4) is 0 Å². The zero-order valence-electron chi connectivity index (χ0n) is 19.7. The summed E-state index contributed by atoms with van der Waals surface area (Å²) in [5.41, 5.74) is 3.63. The Hall–Kier alpha value is -3.17. The topological polar surface area (TPSA) is 109 Å². The monoisotopic (exact) mass is 500 g/mol. The van der Waals surface area contributed by atoms with E-state index in [0.717, 1.165) is 22.9 Å². The molecular formula is C25H28N2O5S2. The van der Waals surface area contributed by atoms with Crippen LogP contribution >= 0.6 is 0 Å². The summed E-state index contributed by atoms with van der Waals surface area (Å²) in [7, 11) is -7.24. The highest BCUT2D eigenvalue weighted by Crippen LogP contribution is 2.24. The fraction of sp³-hybridized carbons (Fsp3) is 0.240. The number of amides is 1. The molecule has 1 atom stereocenters. The number of rotatable bonds is 7. The van der Waals surface area contributed by atoms with Gasteiger partial charge in [-0.25, -0.2) is 16.8 Å². The molecule has 180 valence electrons.